The average Bonchev–Trinajstić information content (AvgIpc) is 2.94. The van der Waals surface area contributed by atoms with Crippen molar-refractivity contribution < 1.29 is 9.84 Å². The number of nitrogens with two attached hydrogens (primary N) is 1. The minimum absolute atomic E-state index is 0.0594. The Balaban J connectivity index is 2.06. The third-order valence-electron chi connectivity index (χ3n) is 3.19. The van der Waals surface area contributed by atoms with E-state index >= 15 is 0 Å². The van der Waals surface area contributed by atoms with E-state index in [2.05, 4.69) is 32.6 Å². The molecule has 2 aromatic heterocycles. The largest absolute Gasteiger partial charge is 0.394 e. The second kappa shape index (κ2) is 4.63. The first-order valence-corrected chi connectivity index (χ1v) is 6.81. The van der Waals surface area contributed by atoms with Crippen LogP contribution in [0.3, 0.4) is 0 Å². The zero-order valence-electron chi connectivity index (χ0n) is 9.58. The number of hydrogen-bond donors (Lipinski definition) is 2. The van der Waals surface area contributed by atoms with E-state index in [-0.39, 0.29) is 18.9 Å². The van der Waals surface area contributed by atoms with Gasteiger partial charge >= 0.3 is 0 Å². The molecule has 0 aromatic carbocycles. The van der Waals surface area contributed by atoms with Crippen molar-refractivity contribution in [2.45, 2.75) is 25.2 Å². The number of aromatic nitrogens is 3. The van der Waals surface area contributed by atoms with Crippen LogP contribution in [0.1, 0.15) is 19.1 Å². The van der Waals surface area contributed by atoms with E-state index < -0.39 is 0 Å². The summed E-state index contributed by atoms with van der Waals surface area (Å²) in [4.78, 5) is 8.29. The molecule has 0 radical (unpaired) electrons. The van der Waals surface area contributed by atoms with Crippen molar-refractivity contribution in [1.82, 2.24) is 14.5 Å². The minimum atomic E-state index is -0.0811. The average molecular weight is 360 g/mol. The van der Waals surface area contributed by atoms with Gasteiger partial charge in [0.2, 0.25) is 0 Å². The van der Waals surface area contributed by atoms with Crippen molar-refractivity contribution in [3.63, 3.8) is 0 Å². The number of hydrogen-bond acceptors (Lipinski definition) is 5. The van der Waals surface area contributed by atoms with E-state index in [9.17, 15) is 0 Å². The van der Waals surface area contributed by atoms with Gasteiger partial charge in [0.1, 0.15) is 24.0 Å². The fourth-order valence-corrected chi connectivity index (χ4v) is 3.12. The van der Waals surface area contributed by atoms with Crippen LogP contribution in [-0.4, -0.2) is 32.4 Å². The summed E-state index contributed by atoms with van der Waals surface area (Å²) in [5.41, 5.74) is 6.66. The number of aliphatic hydroxyl groups is 1. The molecule has 0 saturated carbocycles. The van der Waals surface area contributed by atoms with Gasteiger partial charge in [-0.1, -0.05) is 0 Å². The summed E-state index contributed by atoms with van der Waals surface area (Å²) in [7, 11) is 0. The number of ether oxygens (including phenoxy) is 1. The van der Waals surface area contributed by atoms with Gasteiger partial charge in [-0.25, -0.2) is 9.97 Å². The molecule has 0 spiro atoms. The van der Waals surface area contributed by atoms with Crippen molar-refractivity contribution in [2.24, 2.45) is 0 Å². The fraction of sp³-hybridized carbons (Fsp3) is 0.455. The molecule has 0 aliphatic carbocycles. The van der Waals surface area contributed by atoms with E-state index in [0.717, 1.165) is 27.4 Å². The van der Waals surface area contributed by atoms with Gasteiger partial charge in [0.25, 0.3) is 0 Å². The van der Waals surface area contributed by atoms with Gasteiger partial charge in [0.05, 0.1) is 18.1 Å². The highest BCUT2D eigenvalue weighted by Crippen LogP contribution is 2.34. The number of anilines is 1. The van der Waals surface area contributed by atoms with Crippen molar-refractivity contribution >= 4 is 39.4 Å². The highest BCUT2D eigenvalue weighted by Gasteiger charge is 2.28. The molecule has 96 valence electrons. The third-order valence-corrected chi connectivity index (χ3v) is 4.01. The topological polar surface area (TPSA) is 86.2 Å². The van der Waals surface area contributed by atoms with E-state index in [1.54, 1.807) is 0 Å². The van der Waals surface area contributed by atoms with Crippen LogP contribution in [0, 0.1) is 3.57 Å². The van der Waals surface area contributed by atoms with Crippen LogP contribution < -0.4 is 5.73 Å². The van der Waals surface area contributed by atoms with Gasteiger partial charge in [-0.15, -0.1) is 0 Å². The van der Waals surface area contributed by atoms with E-state index in [0.29, 0.717) is 5.82 Å². The molecule has 18 heavy (non-hydrogen) atoms. The maximum absolute atomic E-state index is 9.11. The molecule has 1 aliphatic rings. The molecular formula is C11H13IN4O2. The fourth-order valence-electron chi connectivity index (χ4n) is 2.31. The van der Waals surface area contributed by atoms with Crippen molar-refractivity contribution in [3.05, 3.63) is 16.1 Å². The summed E-state index contributed by atoms with van der Waals surface area (Å²) >= 11 is 2.22. The van der Waals surface area contributed by atoms with Crippen LogP contribution in [0.2, 0.25) is 0 Å². The van der Waals surface area contributed by atoms with Crippen LogP contribution in [0.4, 0.5) is 5.82 Å². The lowest BCUT2D eigenvalue weighted by Crippen LogP contribution is -2.14. The SMILES string of the molecule is Nc1ncnc2c1c(I)cn2[C@H]1CC[C@@H](CO)O1. The van der Waals surface area contributed by atoms with Crippen LogP contribution in [0.5, 0.6) is 0 Å². The number of rotatable bonds is 2. The molecule has 3 heterocycles. The molecule has 2 aromatic rings. The second-order valence-corrected chi connectivity index (χ2v) is 5.48. The molecule has 6 nitrogen and oxygen atoms in total. The molecule has 3 N–H and O–H groups in total. The first-order chi connectivity index (χ1) is 8.70. The van der Waals surface area contributed by atoms with Crippen LogP contribution in [0.25, 0.3) is 11.0 Å². The minimum Gasteiger partial charge on any atom is -0.394 e. The molecule has 0 unspecified atom stereocenters. The van der Waals surface area contributed by atoms with E-state index in [1.807, 2.05) is 10.8 Å². The quantitative estimate of drug-likeness (QED) is 0.789. The lowest BCUT2D eigenvalue weighted by Gasteiger charge is -2.14. The summed E-state index contributed by atoms with van der Waals surface area (Å²) in [5, 5.41) is 9.98. The lowest BCUT2D eigenvalue weighted by atomic mass is 10.2. The first kappa shape index (κ1) is 12.1. The Morgan fingerprint density at radius 1 is 1.50 bits per heavy atom. The van der Waals surface area contributed by atoms with Crippen molar-refractivity contribution in [3.8, 4) is 0 Å². The van der Waals surface area contributed by atoms with Gasteiger partial charge in [0.15, 0.2) is 0 Å². The van der Waals surface area contributed by atoms with Crippen molar-refractivity contribution in [1.29, 1.82) is 0 Å². The Morgan fingerprint density at radius 3 is 3.06 bits per heavy atom. The summed E-state index contributed by atoms with van der Waals surface area (Å²) in [5.74, 6) is 0.486. The number of nitrogen functional groups attached to an aromatic ring is 1. The second-order valence-electron chi connectivity index (χ2n) is 4.31. The third kappa shape index (κ3) is 1.86. The normalized spacial score (nSPS) is 23.9. The highest BCUT2D eigenvalue weighted by molar-refractivity contribution is 14.1. The van der Waals surface area contributed by atoms with Crippen molar-refractivity contribution in [2.75, 3.05) is 12.3 Å². The molecule has 2 atom stereocenters. The molecule has 0 amide bonds. The van der Waals surface area contributed by atoms with Crippen LogP contribution in [-0.2, 0) is 4.74 Å². The Morgan fingerprint density at radius 2 is 2.33 bits per heavy atom. The predicted octanol–water partition coefficient (Wildman–Crippen LogP) is 1.29. The van der Waals surface area contributed by atoms with Gasteiger partial charge in [0, 0.05) is 9.77 Å². The van der Waals surface area contributed by atoms with Crippen LogP contribution in [0.15, 0.2) is 12.5 Å². The Hall–Kier alpha value is -0.930. The van der Waals surface area contributed by atoms with Gasteiger partial charge in [-0.05, 0) is 35.4 Å². The molecule has 1 fully saturated rings. The van der Waals surface area contributed by atoms with Gasteiger partial charge in [-0.3, -0.25) is 0 Å². The summed E-state index contributed by atoms with van der Waals surface area (Å²) < 4.78 is 8.75. The highest BCUT2D eigenvalue weighted by atomic mass is 127. The maximum atomic E-state index is 9.11. The molecule has 1 aliphatic heterocycles. The Bertz CT molecular complexity index is 586. The smallest absolute Gasteiger partial charge is 0.148 e. The van der Waals surface area contributed by atoms with Gasteiger partial charge < -0.3 is 20.1 Å². The number of nitrogens with zero attached hydrogens (tertiary/aromatic N) is 3. The zero-order chi connectivity index (χ0) is 12.7. The monoisotopic (exact) mass is 360 g/mol. The lowest BCUT2D eigenvalue weighted by molar-refractivity contribution is -0.0205. The standard InChI is InChI=1S/C11H13IN4O2/c12-7-3-16(8-2-1-6(4-17)18-8)11-9(7)10(13)14-5-15-11/h3,5-6,8,17H,1-2,4H2,(H2,13,14,15)/t6-,8+/m0/s1. The van der Waals surface area contributed by atoms with Gasteiger partial charge in [-0.2, -0.15) is 0 Å². The molecule has 0 bridgehead atoms. The van der Waals surface area contributed by atoms with E-state index in [1.165, 1.54) is 6.33 Å². The maximum Gasteiger partial charge on any atom is 0.148 e. The van der Waals surface area contributed by atoms with Crippen LogP contribution >= 0.6 is 22.6 Å². The summed E-state index contributed by atoms with van der Waals surface area (Å²) in [6.07, 6.45) is 5.00. The number of halogens is 1. The molecule has 1 saturated heterocycles. The Labute approximate surface area is 117 Å². The van der Waals surface area contributed by atoms with E-state index in [4.69, 9.17) is 15.6 Å². The number of fused-ring (bicyclic) bond motifs is 1. The predicted molar refractivity (Wildman–Crippen MR) is 74.9 cm³/mol. The summed E-state index contributed by atoms with van der Waals surface area (Å²) in [6, 6.07) is 0. The molecule has 7 heteroatoms. The zero-order valence-corrected chi connectivity index (χ0v) is 11.7. The molecular weight excluding hydrogens is 347 g/mol. The molecule has 3 rings (SSSR count). The summed E-state index contributed by atoms with van der Waals surface area (Å²) in [6.45, 7) is 0.0594. The number of aliphatic hydroxyl groups excluding tert-OH is 1. The Kier molecular flexibility index (Phi) is 3.12. The first-order valence-electron chi connectivity index (χ1n) is 5.73.